The van der Waals surface area contributed by atoms with E-state index in [-0.39, 0.29) is 17.5 Å². The number of carbonyl (C=O) groups excluding carboxylic acids is 1. The highest BCUT2D eigenvalue weighted by Gasteiger charge is 2.24. The van der Waals surface area contributed by atoms with Crippen LogP contribution in [0.2, 0.25) is 0 Å². The number of rotatable bonds is 4. The molecule has 6 nitrogen and oxygen atoms in total. The number of H-pyrrole nitrogens is 1. The lowest BCUT2D eigenvalue weighted by molar-refractivity contribution is -0.117. The molecule has 1 amide bonds. The molecule has 1 atom stereocenters. The highest BCUT2D eigenvalue weighted by atomic mass is 16.5. The van der Waals surface area contributed by atoms with Crippen molar-refractivity contribution in [3.8, 4) is 11.3 Å². The van der Waals surface area contributed by atoms with Crippen molar-refractivity contribution in [3.05, 3.63) is 63.9 Å². The van der Waals surface area contributed by atoms with Crippen molar-refractivity contribution in [1.82, 2.24) is 9.88 Å². The molecule has 30 heavy (non-hydrogen) atoms. The Morgan fingerprint density at radius 2 is 1.93 bits per heavy atom. The van der Waals surface area contributed by atoms with Crippen LogP contribution in [-0.2, 0) is 16.0 Å². The third kappa shape index (κ3) is 3.42. The van der Waals surface area contributed by atoms with Gasteiger partial charge in [0.05, 0.1) is 18.9 Å². The average Bonchev–Trinajstić information content (AvgIpc) is 3.12. The van der Waals surface area contributed by atoms with Gasteiger partial charge in [0.25, 0.3) is 5.56 Å². The first-order valence-electron chi connectivity index (χ1n) is 10.5. The first-order valence-corrected chi connectivity index (χ1v) is 10.5. The number of hydrogen-bond donors (Lipinski definition) is 2. The molecule has 2 aliphatic rings. The first kappa shape index (κ1) is 19.0. The highest BCUT2D eigenvalue weighted by molar-refractivity contribution is 5.95. The molecule has 3 aromatic rings. The summed E-state index contributed by atoms with van der Waals surface area (Å²) in [5, 5.41) is 4.76. The van der Waals surface area contributed by atoms with Crippen LogP contribution in [0.25, 0.3) is 22.0 Å². The highest BCUT2D eigenvalue weighted by Crippen LogP contribution is 2.38. The molecule has 154 valence electrons. The van der Waals surface area contributed by atoms with Gasteiger partial charge in [-0.15, -0.1) is 0 Å². The molecule has 2 N–H and O–H groups in total. The van der Waals surface area contributed by atoms with Gasteiger partial charge >= 0.3 is 0 Å². The van der Waals surface area contributed by atoms with Gasteiger partial charge in [-0.05, 0) is 41.6 Å². The van der Waals surface area contributed by atoms with Gasteiger partial charge in [-0.3, -0.25) is 14.5 Å². The minimum Gasteiger partial charge on any atom is -0.379 e. The van der Waals surface area contributed by atoms with Crippen LogP contribution >= 0.6 is 0 Å². The zero-order chi connectivity index (χ0) is 20.7. The van der Waals surface area contributed by atoms with Crippen LogP contribution in [0.15, 0.2) is 47.3 Å². The van der Waals surface area contributed by atoms with Crippen LogP contribution in [0, 0.1) is 0 Å². The fraction of sp³-hybridized carbons (Fsp3) is 0.333. The number of anilines is 1. The Morgan fingerprint density at radius 3 is 2.73 bits per heavy atom. The molecule has 2 heterocycles. The molecule has 1 aromatic heterocycles. The minimum atomic E-state index is -0.0633. The quantitative estimate of drug-likeness (QED) is 0.549. The van der Waals surface area contributed by atoms with Crippen molar-refractivity contribution in [2.45, 2.75) is 25.8 Å². The second kappa shape index (κ2) is 7.70. The molecule has 0 bridgehead atoms. The van der Waals surface area contributed by atoms with Crippen LogP contribution in [0.1, 0.15) is 24.5 Å². The molecule has 0 spiro atoms. The maximum absolute atomic E-state index is 12.6. The molecule has 0 saturated carbocycles. The lowest BCUT2D eigenvalue weighted by Gasteiger charge is -2.31. The van der Waals surface area contributed by atoms with Crippen LogP contribution < -0.4 is 10.9 Å². The molecule has 1 saturated heterocycles. The Bertz CT molecular complexity index is 1180. The van der Waals surface area contributed by atoms with Gasteiger partial charge in [0.2, 0.25) is 5.91 Å². The Morgan fingerprint density at radius 1 is 1.17 bits per heavy atom. The maximum atomic E-state index is 12.6. The average molecular weight is 403 g/mol. The van der Waals surface area contributed by atoms with E-state index in [0.29, 0.717) is 6.42 Å². The van der Waals surface area contributed by atoms with Gasteiger partial charge in [0.1, 0.15) is 0 Å². The van der Waals surface area contributed by atoms with Crippen molar-refractivity contribution < 1.29 is 9.53 Å². The molecule has 1 unspecified atom stereocenters. The van der Waals surface area contributed by atoms with E-state index in [1.165, 1.54) is 0 Å². The molecule has 2 aromatic carbocycles. The number of amides is 1. The summed E-state index contributed by atoms with van der Waals surface area (Å²) in [6.45, 7) is 5.29. The van der Waals surface area contributed by atoms with Gasteiger partial charge in [-0.2, -0.15) is 0 Å². The van der Waals surface area contributed by atoms with E-state index in [1.54, 1.807) is 0 Å². The zero-order valence-electron chi connectivity index (χ0n) is 17.0. The number of morpholine rings is 1. The molecular formula is C24H25N3O3. The van der Waals surface area contributed by atoms with Crippen molar-refractivity contribution >= 4 is 22.4 Å². The van der Waals surface area contributed by atoms with Crippen molar-refractivity contribution in [1.29, 1.82) is 0 Å². The lowest BCUT2D eigenvalue weighted by Crippen LogP contribution is -2.43. The van der Waals surface area contributed by atoms with Crippen molar-refractivity contribution in [2.75, 3.05) is 31.6 Å². The zero-order valence-corrected chi connectivity index (χ0v) is 17.0. The Labute approximate surface area is 174 Å². The largest absolute Gasteiger partial charge is 0.379 e. The third-order valence-electron chi connectivity index (χ3n) is 6.21. The molecule has 6 heteroatoms. The molecule has 1 aliphatic heterocycles. The van der Waals surface area contributed by atoms with Gasteiger partial charge in [-0.25, -0.2) is 0 Å². The lowest BCUT2D eigenvalue weighted by atomic mass is 10.0. The molecule has 1 aliphatic carbocycles. The standard InChI is InChI=1S/C24H25N3O3/c1-15(27-8-10-30-11-9-27)12-22(28)25-17-6-7-18-16(13-17)14-21-19-4-2-3-5-20(19)24(29)26-23(18)21/h2-7,13,15H,8-12,14H2,1H3,(H,25,28)(H,26,29). The summed E-state index contributed by atoms with van der Waals surface area (Å²) >= 11 is 0. The molecule has 0 radical (unpaired) electrons. The van der Waals surface area contributed by atoms with Crippen molar-refractivity contribution in [3.63, 3.8) is 0 Å². The van der Waals surface area contributed by atoms with Gasteiger partial charge in [0.15, 0.2) is 0 Å². The summed E-state index contributed by atoms with van der Waals surface area (Å²) in [7, 11) is 0. The Balaban J connectivity index is 1.34. The fourth-order valence-electron chi connectivity index (χ4n) is 4.63. The summed E-state index contributed by atoms with van der Waals surface area (Å²) in [6.07, 6.45) is 1.20. The number of aromatic nitrogens is 1. The fourth-order valence-corrected chi connectivity index (χ4v) is 4.63. The maximum Gasteiger partial charge on any atom is 0.256 e. The normalized spacial score (nSPS) is 16.8. The van der Waals surface area contributed by atoms with Crippen molar-refractivity contribution in [2.24, 2.45) is 0 Å². The second-order valence-corrected chi connectivity index (χ2v) is 8.15. The molecule has 5 rings (SSSR count). The third-order valence-corrected chi connectivity index (χ3v) is 6.21. The van der Waals surface area contributed by atoms with Crippen LogP contribution in [-0.4, -0.2) is 48.1 Å². The minimum absolute atomic E-state index is 0.0170. The van der Waals surface area contributed by atoms with E-state index in [2.05, 4.69) is 22.1 Å². The SMILES string of the molecule is CC(CC(=O)Nc1ccc2c(c1)Cc1c-2[nH]c(=O)c2ccccc12)N1CCOCC1. The van der Waals surface area contributed by atoms with E-state index in [1.807, 2.05) is 42.5 Å². The molecule has 1 fully saturated rings. The predicted molar refractivity (Wildman–Crippen MR) is 118 cm³/mol. The van der Waals surface area contributed by atoms with E-state index < -0.39 is 0 Å². The van der Waals surface area contributed by atoms with E-state index in [4.69, 9.17) is 4.74 Å². The van der Waals surface area contributed by atoms with Crippen LogP contribution in [0.5, 0.6) is 0 Å². The monoisotopic (exact) mass is 403 g/mol. The summed E-state index contributed by atoms with van der Waals surface area (Å²) in [5.41, 5.74) is 4.93. The Kier molecular flexibility index (Phi) is 4.89. The summed E-state index contributed by atoms with van der Waals surface area (Å²) < 4.78 is 5.39. The van der Waals surface area contributed by atoms with Crippen LogP contribution in [0.4, 0.5) is 5.69 Å². The number of hydrogen-bond acceptors (Lipinski definition) is 4. The number of aromatic amines is 1. The summed E-state index contributed by atoms with van der Waals surface area (Å²) in [4.78, 5) is 30.4. The van der Waals surface area contributed by atoms with E-state index >= 15 is 0 Å². The number of carbonyl (C=O) groups is 1. The topological polar surface area (TPSA) is 74.4 Å². The number of pyridine rings is 1. The van der Waals surface area contributed by atoms with E-state index in [9.17, 15) is 9.59 Å². The number of nitrogens with zero attached hydrogens (tertiary/aromatic N) is 1. The molecular weight excluding hydrogens is 378 g/mol. The number of nitrogens with one attached hydrogen (secondary N) is 2. The second-order valence-electron chi connectivity index (χ2n) is 8.15. The van der Waals surface area contributed by atoms with E-state index in [0.717, 1.165) is 71.6 Å². The Hall–Kier alpha value is -2.96. The number of fused-ring (bicyclic) bond motifs is 5. The van der Waals surface area contributed by atoms with Gasteiger partial charge in [-0.1, -0.05) is 24.3 Å². The summed E-state index contributed by atoms with van der Waals surface area (Å²) in [6, 6.07) is 13.8. The van der Waals surface area contributed by atoms with Gasteiger partial charge < -0.3 is 15.0 Å². The number of benzene rings is 2. The van der Waals surface area contributed by atoms with Gasteiger partial charge in [0, 0.05) is 48.6 Å². The first-order chi connectivity index (χ1) is 14.6. The number of ether oxygens (including phenoxy) is 1. The summed E-state index contributed by atoms with van der Waals surface area (Å²) in [5.74, 6) is 0.0170. The predicted octanol–water partition coefficient (Wildman–Crippen LogP) is 3.15. The smallest absolute Gasteiger partial charge is 0.256 e. The van der Waals surface area contributed by atoms with Crippen LogP contribution in [0.3, 0.4) is 0 Å².